The third-order valence-electron chi connectivity index (χ3n) is 4.72. The number of amides is 1. The molecule has 7 nitrogen and oxygen atoms in total. The van der Waals surface area contributed by atoms with E-state index in [4.69, 9.17) is 27.9 Å². The number of methoxy groups -OCH3 is 1. The van der Waals surface area contributed by atoms with E-state index in [0.717, 1.165) is 17.3 Å². The van der Waals surface area contributed by atoms with E-state index in [2.05, 4.69) is 10.3 Å². The highest BCUT2D eigenvalue weighted by Gasteiger charge is 2.21. The van der Waals surface area contributed by atoms with Gasteiger partial charge in [0.15, 0.2) is 5.16 Å². The fourth-order valence-electron chi connectivity index (χ4n) is 3.06. The topological polar surface area (TPSA) is 93.5 Å². The molecule has 0 unspecified atom stereocenters. The molecule has 1 amide bonds. The van der Waals surface area contributed by atoms with Gasteiger partial charge in [-0.25, -0.2) is 4.98 Å². The van der Waals surface area contributed by atoms with Crippen LogP contribution in [0.5, 0.6) is 5.75 Å². The van der Waals surface area contributed by atoms with Crippen molar-refractivity contribution in [1.29, 1.82) is 0 Å². The maximum Gasteiger partial charge on any atom is 0.262 e. The molecule has 2 aromatic carbocycles. The number of nitrogens with zero attached hydrogens (tertiary/aromatic N) is 2. The molecule has 3 aromatic rings. The number of thioether (sulfide) groups is 1. The van der Waals surface area contributed by atoms with Crippen molar-refractivity contribution in [3.05, 3.63) is 56.3 Å². The molecular formula is C22H23Cl2N3O4S. The number of nitrogens with one attached hydrogen (secondary N) is 1. The lowest BCUT2D eigenvalue weighted by molar-refractivity contribution is -0.115. The molecule has 170 valence electrons. The van der Waals surface area contributed by atoms with Gasteiger partial charge in [-0.05, 0) is 50.6 Å². The van der Waals surface area contributed by atoms with E-state index in [9.17, 15) is 14.7 Å². The fraction of sp³-hybridized carbons (Fsp3) is 0.318. The van der Waals surface area contributed by atoms with Crippen LogP contribution in [0.4, 0.5) is 5.69 Å². The van der Waals surface area contributed by atoms with Gasteiger partial charge in [-0.15, -0.1) is 0 Å². The largest absolute Gasteiger partial charge is 0.495 e. The van der Waals surface area contributed by atoms with Gasteiger partial charge < -0.3 is 15.2 Å². The summed E-state index contributed by atoms with van der Waals surface area (Å²) < 4.78 is 6.69. The summed E-state index contributed by atoms with van der Waals surface area (Å²) in [6.07, 6.45) is -0.774. The van der Waals surface area contributed by atoms with Gasteiger partial charge in [-0.1, -0.05) is 35.0 Å². The van der Waals surface area contributed by atoms with E-state index in [-0.39, 0.29) is 18.0 Å². The smallest absolute Gasteiger partial charge is 0.262 e. The predicted octanol–water partition coefficient (Wildman–Crippen LogP) is 4.52. The quantitative estimate of drug-likeness (QED) is 0.369. The highest BCUT2D eigenvalue weighted by Crippen LogP contribution is 2.32. The Labute approximate surface area is 199 Å². The molecular weight excluding hydrogens is 473 g/mol. The number of halogens is 2. The summed E-state index contributed by atoms with van der Waals surface area (Å²) in [6, 6.07) is 8.19. The molecule has 0 radical (unpaired) electrons. The Kier molecular flexibility index (Phi) is 7.71. The van der Waals surface area contributed by atoms with Gasteiger partial charge in [-0.2, -0.15) is 0 Å². The maximum absolute atomic E-state index is 13.0. The van der Waals surface area contributed by atoms with Gasteiger partial charge in [0.25, 0.3) is 5.56 Å². The molecule has 0 aliphatic rings. The summed E-state index contributed by atoms with van der Waals surface area (Å²) >= 11 is 13.3. The second kappa shape index (κ2) is 10.1. The first-order chi connectivity index (χ1) is 15.1. The lowest BCUT2D eigenvalue weighted by Gasteiger charge is -2.18. The Morgan fingerprint density at radius 2 is 2.00 bits per heavy atom. The van der Waals surface area contributed by atoms with Crippen molar-refractivity contribution < 1.29 is 14.6 Å². The van der Waals surface area contributed by atoms with Crippen molar-refractivity contribution >= 4 is 57.5 Å². The molecule has 32 heavy (non-hydrogen) atoms. The molecule has 1 aromatic heterocycles. The van der Waals surface area contributed by atoms with Crippen LogP contribution in [0.3, 0.4) is 0 Å². The zero-order valence-corrected chi connectivity index (χ0v) is 20.3. The lowest BCUT2D eigenvalue weighted by Crippen LogP contribution is -2.29. The third kappa shape index (κ3) is 5.38. The van der Waals surface area contributed by atoms with Crippen molar-refractivity contribution in [2.45, 2.75) is 43.8 Å². The molecule has 0 saturated carbocycles. The molecule has 2 N–H and O–H groups in total. The van der Waals surface area contributed by atoms with E-state index in [1.807, 2.05) is 6.92 Å². The summed E-state index contributed by atoms with van der Waals surface area (Å²) in [7, 11) is 1.49. The van der Waals surface area contributed by atoms with E-state index in [0.29, 0.717) is 37.5 Å². The number of carbonyl (C=O) groups is 1. The Hall–Kier alpha value is -2.26. The second-order valence-electron chi connectivity index (χ2n) is 7.37. The van der Waals surface area contributed by atoms with Gasteiger partial charge >= 0.3 is 0 Å². The average Bonchev–Trinajstić information content (AvgIpc) is 2.72. The number of hydrogen-bond acceptors (Lipinski definition) is 6. The summed E-state index contributed by atoms with van der Waals surface area (Å²) in [5.74, 6) is 0.134. The lowest BCUT2D eigenvalue weighted by atomic mass is 10.2. The van der Waals surface area contributed by atoms with Crippen LogP contribution in [0, 0.1) is 6.92 Å². The maximum atomic E-state index is 13.0. The van der Waals surface area contributed by atoms with Crippen LogP contribution < -0.4 is 15.6 Å². The van der Waals surface area contributed by atoms with Crippen LogP contribution in [0.1, 0.15) is 19.4 Å². The summed E-state index contributed by atoms with van der Waals surface area (Å²) in [4.78, 5) is 30.5. The highest BCUT2D eigenvalue weighted by molar-refractivity contribution is 8.00. The number of ether oxygens (including phenoxy) is 1. The molecule has 0 fully saturated rings. The van der Waals surface area contributed by atoms with Crippen LogP contribution in [0.15, 0.2) is 40.3 Å². The van der Waals surface area contributed by atoms with Gasteiger partial charge in [-0.3, -0.25) is 14.2 Å². The van der Waals surface area contributed by atoms with Gasteiger partial charge in [0.2, 0.25) is 5.91 Å². The van der Waals surface area contributed by atoms with Crippen molar-refractivity contribution in [2.75, 3.05) is 12.4 Å². The number of rotatable bonds is 7. The molecule has 0 saturated heterocycles. The van der Waals surface area contributed by atoms with Crippen LogP contribution in [-0.4, -0.2) is 39.0 Å². The number of fused-ring (bicyclic) bond motifs is 1. The first kappa shape index (κ1) is 24.4. The van der Waals surface area contributed by atoms with Gasteiger partial charge in [0.05, 0.1) is 41.6 Å². The van der Waals surface area contributed by atoms with E-state index in [1.54, 1.807) is 44.2 Å². The SMILES string of the molecule is COc1cc(Cl)c(C)cc1NC(=O)[C@H](C)Sc1nc2cc(Cl)ccc2c(=O)n1C[C@H](C)O. The highest BCUT2D eigenvalue weighted by atomic mass is 35.5. The van der Waals surface area contributed by atoms with Crippen LogP contribution >= 0.6 is 35.0 Å². The number of aliphatic hydroxyl groups excluding tert-OH is 1. The van der Waals surface area contributed by atoms with Crippen LogP contribution in [-0.2, 0) is 11.3 Å². The fourth-order valence-corrected chi connectivity index (χ4v) is 4.30. The number of aryl methyl sites for hydroxylation is 1. The molecule has 3 rings (SSSR count). The number of anilines is 1. The molecule has 0 spiro atoms. The minimum Gasteiger partial charge on any atom is -0.495 e. The molecule has 0 aliphatic heterocycles. The number of benzene rings is 2. The number of carbonyl (C=O) groups excluding carboxylic acids is 1. The first-order valence-corrected chi connectivity index (χ1v) is 11.4. The number of aliphatic hydroxyl groups is 1. The summed E-state index contributed by atoms with van der Waals surface area (Å²) in [6.45, 7) is 5.16. The summed E-state index contributed by atoms with van der Waals surface area (Å²) in [5, 5.41) is 13.8. The van der Waals surface area contributed by atoms with Crippen LogP contribution in [0.25, 0.3) is 10.9 Å². The minimum atomic E-state index is -0.774. The molecule has 1 heterocycles. The Morgan fingerprint density at radius 3 is 2.66 bits per heavy atom. The molecule has 0 bridgehead atoms. The van der Waals surface area contributed by atoms with Crippen molar-refractivity contribution in [3.63, 3.8) is 0 Å². The van der Waals surface area contributed by atoms with Crippen molar-refractivity contribution in [2.24, 2.45) is 0 Å². The van der Waals surface area contributed by atoms with E-state index in [1.165, 1.54) is 11.7 Å². The zero-order chi connectivity index (χ0) is 23.6. The normalized spacial score (nSPS) is 13.1. The van der Waals surface area contributed by atoms with E-state index < -0.39 is 11.4 Å². The Morgan fingerprint density at radius 1 is 1.28 bits per heavy atom. The monoisotopic (exact) mass is 495 g/mol. The predicted molar refractivity (Wildman–Crippen MR) is 129 cm³/mol. The number of aromatic nitrogens is 2. The zero-order valence-electron chi connectivity index (χ0n) is 18.0. The molecule has 2 atom stereocenters. The average molecular weight is 496 g/mol. The number of hydrogen-bond donors (Lipinski definition) is 2. The summed E-state index contributed by atoms with van der Waals surface area (Å²) in [5.41, 5.74) is 1.40. The molecule has 10 heteroatoms. The minimum absolute atomic E-state index is 0.0469. The second-order valence-corrected chi connectivity index (χ2v) is 9.52. The first-order valence-electron chi connectivity index (χ1n) is 9.80. The standard InChI is InChI=1S/C22H23Cl2N3O4S/c1-11-7-18(19(31-4)9-16(11)24)25-20(29)13(3)32-22-26-17-8-14(23)5-6-15(17)21(30)27(22)10-12(2)28/h5-9,12-13,28H,10H2,1-4H3,(H,25,29)/t12-,13-/m0/s1. The Bertz CT molecular complexity index is 1230. The van der Waals surface area contributed by atoms with Crippen molar-refractivity contribution in [3.8, 4) is 5.75 Å². The van der Waals surface area contributed by atoms with E-state index >= 15 is 0 Å². The third-order valence-corrected chi connectivity index (χ3v) is 6.45. The van der Waals surface area contributed by atoms with Crippen molar-refractivity contribution in [1.82, 2.24) is 9.55 Å². The molecule has 0 aliphatic carbocycles. The Balaban J connectivity index is 1.93. The van der Waals surface area contributed by atoms with Gasteiger partial charge in [0.1, 0.15) is 5.75 Å². The van der Waals surface area contributed by atoms with Crippen LogP contribution in [0.2, 0.25) is 10.0 Å². The van der Waals surface area contributed by atoms with Gasteiger partial charge in [0, 0.05) is 16.1 Å².